The van der Waals surface area contributed by atoms with E-state index in [4.69, 9.17) is 11.6 Å². The molecule has 0 unspecified atom stereocenters. The van der Waals surface area contributed by atoms with E-state index in [1.54, 1.807) is 24.3 Å². The summed E-state index contributed by atoms with van der Waals surface area (Å²) in [5.41, 5.74) is 0.527. The zero-order valence-corrected chi connectivity index (χ0v) is 7.97. The molecule has 1 aromatic rings. The summed E-state index contributed by atoms with van der Waals surface area (Å²) in [7, 11) is 0. The topological polar surface area (TPSA) is 34.1 Å². The summed E-state index contributed by atoms with van der Waals surface area (Å²) in [5, 5.41) is 0.583. The monoisotopic (exact) mass is 197 g/mol. The van der Waals surface area contributed by atoms with Gasteiger partial charge in [0.25, 0.3) is 0 Å². The molecule has 1 rings (SSSR count). The Morgan fingerprint density at radius 3 is 2.23 bits per heavy atom. The average Bonchev–Trinajstić information content (AvgIpc) is 2.04. The molecule has 0 radical (unpaired) electrons. The molecule has 13 heavy (non-hydrogen) atoms. The van der Waals surface area contributed by atoms with Crippen molar-refractivity contribution >= 4 is 23.2 Å². The van der Waals surface area contributed by atoms with Crippen LogP contribution in [0.1, 0.15) is 23.7 Å². The lowest BCUT2D eigenvalue weighted by atomic mass is 10.2. The lowest BCUT2D eigenvalue weighted by Gasteiger charge is -1.97. The maximum Gasteiger partial charge on any atom is 0.170 e. The predicted octanol–water partition coefficient (Wildman–Crippen LogP) is 2.50. The van der Waals surface area contributed by atoms with Crippen molar-refractivity contribution in [2.24, 2.45) is 0 Å². The Morgan fingerprint density at radius 1 is 1.23 bits per heavy atom. The molecule has 3 heteroatoms. The Hall–Kier alpha value is -1.15. The minimum atomic E-state index is -0.163. The fraction of sp³-hybridized carbons (Fsp3) is 0.200. The molecule has 0 aliphatic heterocycles. The van der Waals surface area contributed by atoms with Gasteiger partial charge in [0.2, 0.25) is 0 Å². The number of hydrogen-bond donors (Lipinski definition) is 0. The molecule has 0 saturated heterocycles. The number of carbonyl (C=O) groups is 2. The maximum atomic E-state index is 11.3. The first-order valence-electron chi connectivity index (χ1n) is 3.88. The molecule has 0 bridgehead atoms. The van der Waals surface area contributed by atoms with E-state index in [1.807, 2.05) is 0 Å². The average molecular weight is 198 g/mol. The molecule has 2 nitrogen and oxygen atoms in total. The highest BCUT2D eigenvalue weighted by atomic mass is 35.5. The quantitative estimate of drug-likeness (QED) is 0.424. The summed E-state index contributed by atoms with van der Waals surface area (Å²) in [6, 6.07) is 6.51. The van der Waals surface area contributed by atoms with Crippen molar-refractivity contribution in [2.45, 2.75) is 13.3 Å². The van der Waals surface area contributed by atoms with E-state index in [9.17, 15) is 9.59 Å². The SMILES string of the molecule is CC(=O)C[13C](=O)c1ccc(Cl)cc1. The number of carbonyl (C=O) groups excluding carboxylic acids is 2. The zero-order chi connectivity index (χ0) is 9.84. The van der Waals surface area contributed by atoms with Gasteiger partial charge in [-0.1, -0.05) is 11.6 Å². The maximum absolute atomic E-state index is 11.3. The van der Waals surface area contributed by atoms with Gasteiger partial charge < -0.3 is 0 Å². The van der Waals surface area contributed by atoms with Gasteiger partial charge in [0.05, 0.1) is 6.42 Å². The van der Waals surface area contributed by atoms with Crippen LogP contribution >= 0.6 is 11.6 Å². The van der Waals surface area contributed by atoms with Crippen molar-refractivity contribution in [1.29, 1.82) is 0 Å². The van der Waals surface area contributed by atoms with Gasteiger partial charge in [0.1, 0.15) is 5.78 Å². The molecule has 0 spiro atoms. The second-order valence-electron chi connectivity index (χ2n) is 2.81. The second-order valence-corrected chi connectivity index (χ2v) is 3.25. The van der Waals surface area contributed by atoms with Crippen molar-refractivity contribution in [3.05, 3.63) is 34.9 Å². The van der Waals surface area contributed by atoms with Crippen LogP contribution in [0.4, 0.5) is 0 Å². The fourth-order valence-electron chi connectivity index (χ4n) is 0.964. The molecular weight excluding hydrogens is 189 g/mol. The number of hydrogen-bond acceptors (Lipinski definition) is 2. The molecule has 0 aliphatic carbocycles. The van der Waals surface area contributed by atoms with Crippen molar-refractivity contribution in [3.8, 4) is 0 Å². The minimum absolute atomic E-state index is 0.0400. The van der Waals surface area contributed by atoms with E-state index in [-0.39, 0.29) is 18.0 Å². The summed E-state index contributed by atoms with van der Waals surface area (Å²) in [4.78, 5) is 22.0. The van der Waals surface area contributed by atoms with Gasteiger partial charge in [-0.3, -0.25) is 9.59 Å². The van der Waals surface area contributed by atoms with Crippen LogP contribution in [0.15, 0.2) is 24.3 Å². The Balaban J connectivity index is 2.78. The minimum Gasteiger partial charge on any atom is -0.300 e. The van der Waals surface area contributed by atoms with Gasteiger partial charge in [-0.25, -0.2) is 0 Å². The number of halogens is 1. The molecule has 0 aromatic heterocycles. The predicted molar refractivity (Wildman–Crippen MR) is 51.1 cm³/mol. The molecule has 0 fully saturated rings. The van der Waals surface area contributed by atoms with Crippen LogP contribution < -0.4 is 0 Å². The fourth-order valence-corrected chi connectivity index (χ4v) is 1.09. The standard InChI is InChI=1S/C10H9ClO2/c1-7(12)6-10(13)8-2-4-9(11)5-3-8/h2-5H,6H2,1H3/i10+1. The van der Waals surface area contributed by atoms with E-state index < -0.39 is 0 Å². The van der Waals surface area contributed by atoms with Crippen molar-refractivity contribution < 1.29 is 9.59 Å². The van der Waals surface area contributed by atoms with Gasteiger partial charge >= 0.3 is 0 Å². The number of Topliss-reactive ketones (excluding diaryl/α,β-unsaturated/α-hetero) is 2. The van der Waals surface area contributed by atoms with Crippen LogP contribution in [0.2, 0.25) is 5.02 Å². The van der Waals surface area contributed by atoms with Crippen LogP contribution in [-0.2, 0) is 4.79 Å². The Morgan fingerprint density at radius 2 is 1.77 bits per heavy atom. The normalized spacial score (nSPS) is 9.69. The first-order valence-corrected chi connectivity index (χ1v) is 4.25. The number of rotatable bonds is 3. The molecule has 1 aromatic carbocycles. The lowest BCUT2D eigenvalue weighted by molar-refractivity contribution is -0.116. The van der Waals surface area contributed by atoms with Gasteiger partial charge in [-0.15, -0.1) is 0 Å². The Kier molecular flexibility index (Phi) is 3.20. The molecule has 0 amide bonds. The van der Waals surface area contributed by atoms with Gasteiger partial charge in [-0.2, -0.15) is 0 Å². The summed E-state index contributed by atoms with van der Waals surface area (Å²) in [5.74, 6) is -0.288. The highest BCUT2D eigenvalue weighted by molar-refractivity contribution is 6.30. The smallest absolute Gasteiger partial charge is 0.170 e. The van der Waals surface area contributed by atoms with E-state index >= 15 is 0 Å². The van der Waals surface area contributed by atoms with Crippen molar-refractivity contribution in [1.82, 2.24) is 0 Å². The number of ketones is 2. The Bertz CT molecular complexity index is 327. The summed E-state index contributed by atoms with van der Waals surface area (Å²) in [6.45, 7) is 1.40. The van der Waals surface area contributed by atoms with Gasteiger partial charge in [0.15, 0.2) is 5.78 Å². The van der Waals surface area contributed by atoms with Crippen LogP contribution in [0.3, 0.4) is 0 Å². The Labute approximate surface area is 81.5 Å². The van der Waals surface area contributed by atoms with E-state index in [0.29, 0.717) is 10.6 Å². The molecule has 0 heterocycles. The summed E-state index contributed by atoms with van der Waals surface area (Å²) >= 11 is 5.64. The van der Waals surface area contributed by atoms with Crippen molar-refractivity contribution in [2.75, 3.05) is 0 Å². The molecule has 0 atom stereocenters. The van der Waals surface area contributed by atoms with Gasteiger partial charge in [-0.05, 0) is 31.2 Å². The third kappa shape index (κ3) is 2.99. The summed E-state index contributed by atoms with van der Waals surface area (Å²) < 4.78 is 0. The highest BCUT2D eigenvalue weighted by Crippen LogP contribution is 2.11. The molecular formula is C10H9ClO2. The lowest BCUT2D eigenvalue weighted by Crippen LogP contribution is -2.04. The molecule has 0 aliphatic rings. The van der Waals surface area contributed by atoms with Crippen LogP contribution in [0.5, 0.6) is 0 Å². The first-order chi connectivity index (χ1) is 6.09. The van der Waals surface area contributed by atoms with Gasteiger partial charge in [0, 0.05) is 10.6 Å². The number of benzene rings is 1. The van der Waals surface area contributed by atoms with Crippen LogP contribution in [-0.4, -0.2) is 11.6 Å². The van der Waals surface area contributed by atoms with E-state index in [0.717, 1.165) is 0 Å². The summed E-state index contributed by atoms with van der Waals surface area (Å²) in [6.07, 6.45) is -0.0400. The first kappa shape index (κ1) is 9.93. The molecule has 0 N–H and O–H groups in total. The van der Waals surface area contributed by atoms with E-state index in [1.165, 1.54) is 6.92 Å². The molecule has 0 saturated carbocycles. The largest absolute Gasteiger partial charge is 0.300 e. The third-order valence-corrected chi connectivity index (χ3v) is 1.83. The molecule has 68 valence electrons. The second kappa shape index (κ2) is 4.19. The van der Waals surface area contributed by atoms with Crippen LogP contribution in [0.25, 0.3) is 0 Å². The highest BCUT2D eigenvalue weighted by Gasteiger charge is 2.07. The van der Waals surface area contributed by atoms with Crippen molar-refractivity contribution in [3.63, 3.8) is 0 Å². The zero-order valence-electron chi connectivity index (χ0n) is 7.21. The van der Waals surface area contributed by atoms with E-state index in [2.05, 4.69) is 0 Å². The third-order valence-electron chi connectivity index (χ3n) is 1.58. The van der Waals surface area contributed by atoms with Crippen LogP contribution in [0, 0.1) is 0 Å².